The summed E-state index contributed by atoms with van der Waals surface area (Å²) in [6, 6.07) is 6.23. The summed E-state index contributed by atoms with van der Waals surface area (Å²) in [4.78, 5) is 17.1. The van der Waals surface area contributed by atoms with Crippen LogP contribution in [0, 0.1) is 5.82 Å². The molecule has 0 aliphatic carbocycles. The molecule has 4 rings (SSSR count). The summed E-state index contributed by atoms with van der Waals surface area (Å²) in [5.41, 5.74) is 1.79. The molecule has 3 heterocycles. The number of amides is 1. The standard InChI is InChI=1S/C18H19FN6O2/c1-10-8-27-9-11-3-4-13(19)14(5-11)23-15-6-16(20-2)25-17(24-15)12(7-21-25)18(26)22-10/h3-7,10,20H,8-9H2,1-2H3,(H,22,26)(H,23,24)/t10-/m1/s1. The highest BCUT2D eigenvalue weighted by Crippen LogP contribution is 2.25. The summed E-state index contributed by atoms with van der Waals surface area (Å²) >= 11 is 0. The molecule has 4 bridgehead atoms. The van der Waals surface area contributed by atoms with Crippen LogP contribution in [0.25, 0.3) is 5.65 Å². The number of aromatic nitrogens is 3. The molecule has 0 saturated heterocycles. The number of nitrogens with zero attached hydrogens (tertiary/aromatic N) is 3. The lowest BCUT2D eigenvalue weighted by Gasteiger charge is -2.16. The van der Waals surface area contributed by atoms with Crippen LogP contribution in [0.3, 0.4) is 0 Å². The minimum Gasteiger partial charge on any atom is -0.375 e. The SMILES string of the molecule is CNc1cc2nc3c(cnn13)C(=O)N[C@H](C)COCc1ccc(F)c(c1)N2. The monoisotopic (exact) mass is 370 g/mol. The molecule has 8 nitrogen and oxygen atoms in total. The molecule has 1 aliphatic heterocycles. The van der Waals surface area contributed by atoms with Gasteiger partial charge >= 0.3 is 0 Å². The smallest absolute Gasteiger partial charge is 0.257 e. The van der Waals surface area contributed by atoms with E-state index in [0.29, 0.717) is 36.1 Å². The Balaban J connectivity index is 1.88. The molecule has 1 amide bonds. The van der Waals surface area contributed by atoms with Gasteiger partial charge in [-0.15, -0.1) is 0 Å². The second kappa shape index (κ2) is 6.84. The Morgan fingerprint density at radius 2 is 2.22 bits per heavy atom. The van der Waals surface area contributed by atoms with Crippen molar-refractivity contribution in [3.8, 4) is 0 Å². The summed E-state index contributed by atoms with van der Waals surface area (Å²) < 4.78 is 21.4. The van der Waals surface area contributed by atoms with Gasteiger partial charge in [0, 0.05) is 19.2 Å². The highest BCUT2D eigenvalue weighted by atomic mass is 19.1. The molecular weight excluding hydrogens is 351 g/mol. The van der Waals surface area contributed by atoms with Crippen molar-refractivity contribution in [2.75, 3.05) is 24.3 Å². The van der Waals surface area contributed by atoms with Crippen LogP contribution in [0.2, 0.25) is 0 Å². The summed E-state index contributed by atoms with van der Waals surface area (Å²) in [7, 11) is 1.74. The van der Waals surface area contributed by atoms with Crippen molar-refractivity contribution >= 4 is 28.9 Å². The van der Waals surface area contributed by atoms with E-state index < -0.39 is 5.82 Å². The number of carbonyl (C=O) groups excluding carboxylic acids is 1. The molecule has 9 heteroatoms. The second-order valence-corrected chi connectivity index (χ2v) is 6.40. The summed E-state index contributed by atoms with van der Waals surface area (Å²) in [6.45, 7) is 2.49. The molecule has 2 aromatic heterocycles. The number of nitrogens with one attached hydrogen (secondary N) is 3. The molecule has 0 unspecified atom stereocenters. The number of anilines is 3. The molecule has 0 radical (unpaired) electrons. The van der Waals surface area contributed by atoms with E-state index in [2.05, 4.69) is 26.0 Å². The van der Waals surface area contributed by atoms with Crippen LogP contribution in [0.15, 0.2) is 30.5 Å². The molecule has 3 N–H and O–H groups in total. The van der Waals surface area contributed by atoms with Gasteiger partial charge < -0.3 is 20.7 Å². The van der Waals surface area contributed by atoms with Crippen molar-refractivity contribution in [3.05, 3.63) is 47.4 Å². The molecule has 140 valence electrons. The fourth-order valence-electron chi connectivity index (χ4n) is 2.96. The lowest BCUT2D eigenvalue weighted by Crippen LogP contribution is -2.35. The quantitative estimate of drug-likeness (QED) is 0.609. The van der Waals surface area contributed by atoms with Gasteiger partial charge in [-0.1, -0.05) is 6.07 Å². The third-order valence-corrected chi connectivity index (χ3v) is 4.28. The zero-order valence-corrected chi connectivity index (χ0v) is 14.9. The lowest BCUT2D eigenvalue weighted by molar-refractivity contribution is 0.0821. The zero-order chi connectivity index (χ0) is 19.0. The second-order valence-electron chi connectivity index (χ2n) is 6.40. The predicted molar refractivity (Wildman–Crippen MR) is 98.8 cm³/mol. The van der Waals surface area contributed by atoms with Crippen molar-refractivity contribution in [2.45, 2.75) is 19.6 Å². The first-order chi connectivity index (χ1) is 13.0. The van der Waals surface area contributed by atoms with E-state index in [1.165, 1.54) is 16.8 Å². The fourth-order valence-corrected chi connectivity index (χ4v) is 2.96. The largest absolute Gasteiger partial charge is 0.375 e. The number of halogens is 1. The van der Waals surface area contributed by atoms with E-state index in [-0.39, 0.29) is 17.6 Å². The summed E-state index contributed by atoms with van der Waals surface area (Å²) in [5, 5.41) is 13.1. The Labute approximate surface area is 154 Å². The third-order valence-electron chi connectivity index (χ3n) is 4.28. The fraction of sp³-hybridized carbons (Fsp3) is 0.278. The average molecular weight is 370 g/mol. The first kappa shape index (κ1) is 17.2. The van der Waals surface area contributed by atoms with E-state index in [0.717, 1.165) is 5.56 Å². The van der Waals surface area contributed by atoms with E-state index in [9.17, 15) is 9.18 Å². The van der Waals surface area contributed by atoms with Gasteiger partial charge in [0.1, 0.15) is 23.0 Å². The van der Waals surface area contributed by atoms with Gasteiger partial charge in [-0.05, 0) is 24.6 Å². The molecule has 3 aromatic rings. The van der Waals surface area contributed by atoms with Crippen LogP contribution >= 0.6 is 0 Å². The number of rotatable bonds is 1. The molecule has 0 fully saturated rings. The lowest BCUT2D eigenvalue weighted by atomic mass is 10.2. The maximum absolute atomic E-state index is 14.3. The number of carbonyl (C=O) groups is 1. The molecular formula is C18H19FN6O2. The van der Waals surface area contributed by atoms with Crippen LogP contribution in [0.5, 0.6) is 0 Å². The first-order valence-electron chi connectivity index (χ1n) is 8.55. The van der Waals surface area contributed by atoms with Crippen molar-refractivity contribution < 1.29 is 13.9 Å². The Kier molecular flexibility index (Phi) is 4.36. The normalized spacial score (nSPS) is 17.3. The molecule has 0 spiro atoms. The Morgan fingerprint density at radius 3 is 3.04 bits per heavy atom. The first-order valence-corrected chi connectivity index (χ1v) is 8.55. The van der Waals surface area contributed by atoms with Gasteiger partial charge in [0.25, 0.3) is 5.91 Å². The van der Waals surface area contributed by atoms with Gasteiger partial charge in [-0.25, -0.2) is 9.37 Å². The predicted octanol–water partition coefficient (Wildman–Crippen LogP) is 2.30. The number of benzene rings is 1. The Morgan fingerprint density at radius 1 is 1.37 bits per heavy atom. The molecule has 27 heavy (non-hydrogen) atoms. The van der Waals surface area contributed by atoms with Crippen molar-refractivity contribution in [1.82, 2.24) is 19.9 Å². The number of ether oxygens (including phenoxy) is 1. The Hall–Kier alpha value is -3.20. The topological polar surface area (TPSA) is 92.6 Å². The van der Waals surface area contributed by atoms with E-state index in [1.807, 2.05) is 6.92 Å². The maximum atomic E-state index is 14.3. The van der Waals surface area contributed by atoms with Gasteiger partial charge in [0.15, 0.2) is 5.65 Å². The zero-order valence-electron chi connectivity index (χ0n) is 14.9. The maximum Gasteiger partial charge on any atom is 0.257 e. The van der Waals surface area contributed by atoms with Crippen molar-refractivity contribution in [3.63, 3.8) is 0 Å². The van der Waals surface area contributed by atoms with Gasteiger partial charge in [0.2, 0.25) is 0 Å². The van der Waals surface area contributed by atoms with Gasteiger partial charge in [0.05, 0.1) is 25.1 Å². The van der Waals surface area contributed by atoms with Crippen LogP contribution in [-0.4, -0.2) is 40.2 Å². The van der Waals surface area contributed by atoms with Gasteiger partial charge in [-0.3, -0.25) is 4.79 Å². The van der Waals surface area contributed by atoms with Crippen molar-refractivity contribution in [2.24, 2.45) is 0 Å². The van der Waals surface area contributed by atoms with Gasteiger partial charge in [-0.2, -0.15) is 9.61 Å². The highest BCUT2D eigenvalue weighted by Gasteiger charge is 2.19. The number of hydrogen-bond donors (Lipinski definition) is 3. The van der Waals surface area contributed by atoms with Crippen LogP contribution in [0.1, 0.15) is 22.8 Å². The molecule has 1 aromatic carbocycles. The van der Waals surface area contributed by atoms with E-state index in [1.54, 1.807) is 25.2 Å². The third kappa shape index (κ3) is 3.28. The summed E-state index contributed by atoms with van der Waals surface area (Å²) in [6.07, 6.45) is 1.46. The van der Waals surface area contributed by atoms with Crippen LogP contribution in [0.4, 0.5) is 21.7 Å². The molecule has 1 aliphatic rings. The van der Waals surface area contributed by atoms with E-state index in [4.69, 9.17) is 4.74 Å². The minimum atomic E-state index is -0.404. The minimum absolute atomic E-state index is 0.208. The molecule has 1 atom stereocenters. The number of hydrogen-bond acceptors (Lipinski definition) is 6. The number of fused-ring (bicyclic) bond motifs is 3. The van der Waals surface area contributed by atoms with Crippen molar-refractivity contribution in [1.29, 1.82) is 0 Å². The summed E-state index contributed by atoms with van der Waals surface area (Å²) in [5.74, 6) is 0.304. The van der Waals surface area contributed by atoms with Crippen LogP contribution in [-0.2, 0) is 11.3 Å². The van der Waals surface area contributed by atoms with E-state index >= 15 is 0 Å². The highest BCUT2D eigenvalue weighted by molar-refractivity contribution is 6.00. The van der Waals surface area contributed by atoms with Crippen LogP contribution < -0.4 is 16.0 Å². The average Bonchev–Trinajstić information content (AvgIpc) is 3.07. The molecule has 0 saturated carbocycles. The Bertz CT molecular complexity index is 1020.